The minimum Gasteiger partial charge on any atom is -0.380 e. The fourth-order valence-corrected chi connectivity index (χ4v) is 8.19. The van der Waals surface area contributed by atoms with E-state index in [1.165, 1.54) is 73.0 Å². The van der Waals surface area contributed by atoms with Gasteiger partial charge >= 0.3 is 0 Å². The Morgan fingerprint density at radius 1 is 0.611 bits per heavy atom. The van der Waals surface area contributed by atoms with E-state index < -0.39 is 0 Å². The van der Waals surface area contributed by atoms with Crippen LogP contribution in [0.25, 0.3) is 0 Å². The molecular weight excluding hydrogens is 831 g/mol. The van der Waals surface area contributed by atoms with E-state index in [0.717, 1.165) is 11.5 Å². The maximum atomic E-state index is 12.0. The molecular formula is C35H61N3O9S7. The molecule has 19 heteroatoms. The number of allylic oxidation sites excluding steroid dienone is 2. The summed E-state index contributed by atoms with van der Waals surface area (Å²) in [6.07, 6.45) is 8.18. The summed E-state index contributed by atoms with van der Waals surface area (Å²) in [5.74, 6) is 4.76. The number of nitrogens with one attached hydrogen (secondary N) is 3. The summed E-state index contributed by atoms with van der Waals surface area (Å²) in [6.45, 7) is 14.6. The van der Waals surface area contributed by atoms with Crippen molar-refractivity contribution in [2.24, 2.45) is 0 Å². The summed E-state index contributed by atoms with van der Waals surface area (Å²) in [7, 11) is 0. The number of thioether (sulfide) groups is 6. The molecule has 12 nitrogen and oxygen atoms in total. The van der Waals surface area contributed by atoms with Crippen LogP contribution in [0.1, 0.15) is 54.4 Å². The Bertz CT molecular complexity index is 1010. The van der Waals surface area contributed by atoms with Crippen molar-refractivity contribution in [1.82, 2.24) is 16.0 Å². The van der Waals surface area contributed by atoms with Gasteiger partial charge in [-0.1, -0.05) is 73.0 Å². The van der Waals surface area contributed by atoms with Crippen LogP contribution in [-0.2, 0) is 43.0 Å². The van der Waals surface area contributed by atoms with Gasteiger partial charge in [0.15, 0.2) is 10.2 Å². The molecule has 0 rings (SSSR count). The van der Waals surface area contributed by atoms with Crippen molar-refractivity contribution < 1.29 is 43.0 Å². The number of rotatable bonds is 29. The summed E-state index contributed by atoms with van der Waals surface area (Å²) < 4.78 is 10.8. The van der Waals surface area contributed by atoms with Crippen LogP contribution in [0, 0.1) is 0 Å². The van der Waals surface area contributed by atoms with Crippen LogP contribution in [0.4, 0.5) is 0 Å². The van der Waals surface area contributed by atoms with Gasteiger partial charge in [0.2, 0.25) is 28.5 Å². The first kappa shape index (κ1) is 57.3. The lowest BCUT2D eigenvalue weighted by Crippen LogP contribution is -2.23. The van der Waals surface area contributed by atoms with Gasteiger partial charge in [-0.05, 0) is 26.0 Å². The molecule has 0 aliphatic heterocycles. The molecule has 0 spiro atoms. The van der Waals surface area contributed by atoms with Gasteiger partial charge in [-0.15, -0.1) is 0 Å². The second kappa shape index (κ2) is 44.7. The molecule has 54 heavy (non-hydrogen) atoms. The molecule has 0 aromatic heterocycles. The fraction of sp³-hybridized carbons (Fsp3) is 0.686. The molecule has 312 valence electrons. The van der Waals surface area contributed by atoms with Crippen LogP contribution in [0.5, 0.6) is 0 Å². The average molecular weight is 892 g/mol. The van der Waals surface area contributed by atoms with Crippen LogP contribution in [0.15, 0.2) is 24.3 Å². The van der Waals surface area contributed by atoms with Crippen LogP contribution in [-0.4, -0.2) is 136 Å². The Kier molecular flexibility index (Phi) is 47.4. The standard InChI is InChI=1S/C20H36N2O5S4.C12H18O3S2.C3H7NOS/c1-15(28-9-5-21-17(3)23)13-19(25)30-11-7-27-8-12-31-20(26)14-16(2)29-10-6-22-18(4)24;1-3-5-11(13)16-9-7-15-8-10-17-12(14)6-4-2;5-3-4-1-2-6/h15-16H,5-14H2,1-4H3,(H,21,23)(H,22,24);3-6H,7-10H2,1-2H3;3,6H,1-2H2,(H,4,5)/b;5-3+,6-4+;. The first-order valence-corrected chi connectivity index (χ1v) is 24.1. The van der Waals surface area contributed by atoms with Crippen molar-refractivity contribution in [2.45, 2.75) is 64.9 Å². The van der Waals surface area contributed by atoms with Crippen molar-refractivity contribution in [1.29, 1.82) is 0 Å². The quantitative estimate of drug-likeness (QED) is 0.0336. The number of carbonyl (C=O) groups is 7. The van der Waals surface area contributed by atoms with E-state index in [2.05, 4.69) is 28.6 Å². The molecule has 0 fully saturated rings. The number of hydrogen-bond acceptors (Lipinski definition) is 16. The van der Waals surface area contributed by atoms with Gasteiger partial charge in [-0.3, -0.25) is 33.6 Å². The molecule has 0 saturated heterocycles. The summed E-state index contributed by atoms with van der Waals surface area (Å²) in [5, 5.41) is 8.77. The molecule has 3 amide bonds. The maximum absolute atomic E-state index is 12.0. The summed E-state index contributed by atoms with van der Waals surface area (Å²) in [5.41, 5.74) is 0. The molecule has 0 heterocycles. The molecule has 0 aromatic carbocycles. The Morgan fingerprint density at radius 3 is 1.28 bits per heavy atom. The molecule has 0 aliphatic carbocycles. The third-order valence-electron chi connectivity index (χ3n) is 5.54. The maximum Gasteiger partial charge on any atom is 0.216 e. The molecule has 0 radical (unpaired) electrons. The third-order valence-corrected chi connectivity index (χ3v) is 11.4. The summed E-state index contributed by atoms with van der Waals surface area (Å²) in [4.78, 5) is 77.0. The van der Waals surface area contributed by atoms with E-state index >= 15 is 0 Å². The van der Waals surface area contributed by atoms with Crippen molar-refractivity contribution >= 4 is 122 Å². The van der Waals surface area contributed by atoms with E-state index in [9.17, 15) is 33.6 Å². The van der Waals surface area contributed by atoms with Crippen LogP contribution in [0.3, 0.4) is 0 Å². The molecule has 2 unspecified atom stereocenters. The predicted octanol–water partition coefficient (Wildman–Crippen LogP) is 5.16. The first-order valence-electron chi connectivity index (χ1n) is 17.4. The van der Waals surface area contributed by atoms with Gasteiger partial charge in [-0.25, -0.2) is 0 Å². The normalized spacial score (nSPS) is 11.8. The van der Waals surface area contributed by atoms with Crippen molar-refractivity contribution in [3.8, 4) is 0 Å². The molecule has 3 N–H and O–H groups in total. The predicted molar refractivity (Wildman–Crippen MR) is 239 cm³/mol. The number of hydrogen-bond donors (Lipinski definition) is 4. The Labute approximate surface area is 354 Å². The monoisotopic (exact) mass is 891 g/mol. The van der Waals surface area contributed by atoms with Gasteiger partial charge in [-0.2, -0.15) is 36.2 Å². The van der Waals surface area contributed by atoms with Gasteiger partial charge < -0.3 is 25.4 Å². The minimum atomic E-state index is -0.0357. The molecule has 0 saturated carbocycles. The lowest BCUT2D eigenvalue weighted by atomic mass is 10.4. The molecule has 2 atom stereocenters. The van der Waals surface area contributed by atoms with E-state index in [1.54, 1.807) is 35.7 Å². The zero-order chi connectivity index (χ0) is 41.2. The SMILES string of the molecule is C/C=C/C(=O)SCCOCCSC(=O)/C=C/C.CC(=O)NCCSC(C)CC(=O)SCCOCCSC(=O)CC(C)SCCNC(C)=O.O=CNCCS. The minimum absolute atomic E-state index is 0.0357. The van der Waals surface area contributed by atoms with Crippen LogP contribution in [0.2, 0.25) is 0 Å². The topological polar surface area (TPSA) is 174 Å². The van der Waals surface area contributed by atoms with Gasteiger partial charge in [0.05, 0.1) is 26.4 Å². The second-order valence-corrected chi connectivity index (χ2v) is 18.6. The highest BCUT2D eigenvalue weighted by Crippen LogP contribution is 2.19. The first-order chi connectivity index (χ1) is 25.8. The summed E-state index contributed by atoms with van der Waals surface area (Å²) in [6, 6.07) is 0. The Morgan fingerprint density at radius 2 is 0.981 bits per heavy atom. The zero-order valence-corrected chi connectivity index (χ0v) is 38.2. The van der Waals surface area contributed by atoms with E-state index in [4.69, 9.17) is 9.47 Å². The molecule has 0 aliphatic rings. The van der Waals surface area contributed by atoms with Gasteiger partial charge in [0, 0.05) is 97.1 Å². The molecule has 0 bridgehead atoms. The van der Waals surface area contributed by atoms with Gasteiger partial charge in [0.25, 0.3) is 0 Å². The van der Waals surface area contributed by atoms with Crippen molar-refractivity contribution in [2.75, 3.05) is 86.3 Å². The number of carbonyl (C=O) groups excluding carboxylic acids is 7. The van der Waals surface area contributed by atoms with Crippen molar-refractivity contribution in [3.63, 3.8) is 0 Å². The number of thiol groups is 1. The number of amides is 3. The largest absolute Gasteiger partial charge is 0.380 e. The number of ether oxygens (including phenoxy) is 2. The average Bonchev–Trinajstić information content (AvgIpc) is 3.10. The lowest BCUT2D eigenvalue weighted by Gasteiger charge is -2.11. The summed E-state index contributed by atoms with van der Waals surface area (Å²) >= 11 is 12.2. The smallest absolute Gasteiger partial charge is 0.216 e. The Hall–Kier alpha value is -1.06. The third kappa shape index (κ3) is 50.9. The molecule has 0 aromatic rings. The van der Waals surface area contributed by atoms with Crippen molar-refractivity contribution in [3.05, 3.63) is 24.3 Å². The van der Waals surface area contributed by atoms with E-state index in [0.29, 0.717) is 94.1 Å². The highest BCUT2D eigenvalue weighted by Gasteiger charge is 2.12. The Balaban J connectivity index is -0.000000939. The highest BCUT2D eigenvalue weighted by molar-refractivity contribution is 8.14. The van der Waals surface area contributed by atoms with Crippen LogP contribution < -0.4 is 16.0 Å². The highest BCUT2D eigenvalue weighted by atomic mass is 32.2. The van der Waals surface area contributed by atoms with E-state index in [1.807, 2.05) is 27.7 Å². The van der Waals surface area contributed by atoms with E-state index in [-0.39, 0.29) is 42.8 Å². The zero-order valence-electron chi connectivity index (χ0n) is 32.4. The fourth-order valence-electron chi connectivity index (χ4n) is 3.21. The van der Waals surface area contributed by atoms with Crippen LogP contribution >= 0.6 is 83.2 Å². The second-order valence-electron chi connectivity index (χ2n) is 10.5. The van der Waals surface area contributed by atoms with Gasteiger partial charge in [0.1, 0.15) is 0 Å². The lowest BCUT2D eigenvalue weighted by molar-refractivity contribution is -0.119.